The van der Waals surface area contributed by atoms with Crippen LogP contribution in [0, 0.1) is 10.1 Å². The molecule has 0 fully saturated rings. The van der Waals surface area contributed by atoms with Crippen molar-refractivity contribution in [3.63, 3.8) is 0 Å². The number of nitro benzene ring substituents is 1. The molecule has 18 heavy (non-hydrogen) atoms. The average Bonchev–Trinajstić information content (AvgIpc) is 2.77. The maximum absolute atomic E-state index is 11.0. The average molecular weight is 268 g/mol. The van der Waals surface area contributed by atoms with E-state index in [-0.39, 0.29) is 22.0 Å². The second-order valence-corrected chi connectivity index (χ2v) is 3.95. The van der Waals surface area contributed by atoms with Crippen molar-refractivity contribution in [2.75, 3.05) is 7.05 Å². The van der Waals surface area contributed by atoms with Crippen molar-refractivity contribution in [3.8, 4) is 11.3 Å². The van der Waals surface area contributed by atoms with Gasteiger partial charge in [0.2, 0.25) is 5.89 Å². The number of nitrogens with zero attached hydrogens (tertiary/aromatic N) is 2. The zero-order valence-corrected chi connectivity index (χ0v) is 10.3. The number of halogens is 1. The normalized spacial score (nSPS) is 10.6. The fraction of sp³-hybridized carbons (Fsp3) is 0.182. The van der Waals surface area contributed by atoms with E-state index < -0.39 is 4.92 Å². The Kier molecular flexibility index (Phi) is 3.59. The molecule has 0 unspecified atom stereocenters. The summed E-state index contributed by atoms with van der Waals surface area (Å²) in [7, 11) is 1.75. The number of hydrogen-bond acceptors (Lipinski definition) is 5. The summed E-state index contributed by atoms with van der Waals surface area (Å²) in [4.78, 5) is 14.5. The van der Waals surface area contributed by atoms with Crippen LogP contribution in [0.1, 0.15) is 5.89 Å². The highest BCUT2D eigenvalue weighted by atomic mass is 35.5. The molecule has 1 aromatic carbocycles. The number of nitrogens with one attached hydrogen (secondary N) is 1. The lowest BCUT2D eigenvalue weighted by molar-refractivity contribution is -0.384. The molecule has 2 rings (SSSR count). The van der Waals surface area contributed by atoms with E-state index in [0.29, 0.717) is 12.4 Å². The van der Waals surface area contributed by atoms with E-state index in [2.05, 4.69) is 10.3 Å². The number of benzene rings is 1. The summed E-state index contributed by atoms with van der Waals surface area (Å²) < 4.78 is 5.42. The highest BCUT2D eigenvalue weighted by Crippen LogP contribution is 2.36. The van der Waals surface area contributed by atoms with Crippen LogP contribution in [0.3, 0.4) is 0 Å². The highest BCUT2D eigenvalue weighted by molar-refractivity contribution is 6.33. The second-order valence-electron chi connectivity index (χ2n) is 3.54. The highest BCUT2D eigenvalue weighted by Gasteiger charge is 2.21. The van der Waals surface area contributed by atoms with Gasteiger partial charge in [-0.1, -0.05) is 17.7 Å². The molecular weight excluding hydrogens is 258 g/mol. The quantitative estimate of drug-likeness (QED) is 0.680. The summed E-state index contributed by atoms with van der Waals surface area (Å²) >= 11 is 5.99. The number of oxazole rings is 1. The Morgan fingerprint density at radius 2 is 2.33 bits per heavy atom. The Labute approximate surface area is 108 Å². The van der Waals surface area contributed by atoms with Crippen LogP contribution >= 0.6 is 11.6 Å². The molecule has 94 valence electrons. The van der Waals surface area contributed by atoms with Crippen molar-refractivity contribution in [2.45, 2.75) is 6.54 Å². The smallest absolute Gasteiger partial charge is 0.281 e. The zero-order valence-electron chi connectivity index (χ0n) is 9.51. The third-order valence-electron chi connectivity index (χ3n) is 2.32. The summed E-state index contributed by atoms with van der Waals surface area (Å²) in [5, 5.41) is 14.1. The predicted octanol–water partition coefficient (Wildman–Crippen LogP) is 2.62. The SMILES string of the molecule is CNCc1ncc(-c2c(Cl)cccc2[N+](=O)[O-])o1. The van der Waals surface area contributed by atoms with Crippen molar-refractivity contribution in [1.29, 1.82) is 0 Å². The lowest BCUT2D eigenvalue weighted by Crippen LogP contribution is -2.04. The molecular formula is C11H10ClN3O3. The molecule has 7 heteroatoms. The summed E-state index contributed by atoms with van der Waals surface area (Å²) in [5.74, 6) is 0.735. The number of aromatic nitrogens is 1. The lowest BCUT2D eigenvalue weighted by Gasteiger charge is -2.01. The second kappa shape index (κ2) is 5.16. The van der Waals surface area contributed by atoms with Crippen LogP contribution in [-0.4, -0.2) is 17.0 Å². The fourth-order valence-electron chi connectivity index (χ4n) is 1.57. The van der Waals surface area contributed by atoms with Gasteiger partial charge in [-0.25, -0.2) is 4.98 Å². The largest absolute Gasteiger partial charge is 0.439 e. The summed E-state index contributed by atoms with van der Waals surface area (Å²) in [5.41, 5.74) is 0.147. The molecule has 0 bridgehead atoms. The van der Waals surface area contributed by atoms with Gasteiger partial charge in [-0.15, -0.1) is 0 Å². The molecule has 1 heterocycles. The zero-order chi connectivity index (χ0) is 13.1. The van der Waals surface area contributed by atoms with Crippen molar-refractivity contribution in [2.24, 2.45) is 0 Å². The van der Waals surface area contributed by atoms with E-state index in [0.717, 1.165) is 0 Å². The minimum atomic E-state index is -0.499. The molecule has 0 aliphatic rings. The number of hydrogen-bond donors (Lipinski definition) is 1. The van der Waals surface area contributed by atoms with Gasteiger partial charge in [0.1, 0.15) is 5.56 Å². The van der Waals surface area contributed by atoms with Gasteiger partial charge in [-0.2, -0.15) is 0 Å². The van der Waals surface area contributed by atoms with Gasteiger partial charge in [-0.3, -0.25) is 10.1 Å². The van der Waals surface area contributed by atoms with E-state index in [4.69, 9.17) is 16.0 Å². The molecule has 0 amide bonds. The summed E-state index contributed by atoms with van der Waals surface area (Å²) in [6.07, 6.45) is 1.43. The van der Waals surface area contributed by atoms with Gasteiger partial charge in [0.25, 0.3) is 5.69 Å². The molecule has 0 atom stereocenters. The Morgan fingerprint density at radius 3 is 3.00 bits per heavy atom. The molecule has 2 aromatic rings. The topological polar surface area (TPSA) is 81.2 Å². The Bertz CT molecular complexity index is 583. The molecule has 1 aromatic heterocycles. The van der Waals surface area contributed by atoms with Gasteiger partial charge < -0.3 is 9.73 Å². The molecule has 0 aliphatic carbocycles. The molecule has 0 radical (unpaired) electrons. The Balaban J connectivity index is 2.51. The van der Waals surface area contributed by atoms with Crippen LogP contribution in [-0.2, 0) is 6.54 Å². The third-order valence-corrected chi connectivity index (χ3v) is 2.63. The van der Waals surface area contributed by atoms with E-state index in [1.165, 1.54) is 18.3 Å². The first-order valence-corrected chi connectivity index (χ1v) is 5.54. The number of rotatable bonds is 4. The molecule has 0 aliphatic heterocycles. The Morgan fingerprint density at radius 1 is 1.56 bits per heavy atom. The minimum Gasteiger partial charge on any atom is -0.439 e. The first kappa shape index (κ1) is 12.5. The van der Waals surface area contributed by atoms with E-state index in [1.54, 1.807) is 13.1 Å². The van der Waals surface area contributed by atoms with Gasteiger partial charge in [-0.05, 0) is 13.1 Å². The predicted molar refractivity (Wildman–Crippen MR) is 66.4 cm³/mol. The lowest BCUT2D eigenvalue weighted by atomic mass is 10.1. The molecule has 0 saturated carbocycles. The van der Waals surface area contributed by atoms with Crippen LogP contribution in [0.2, 0.25) is 5.02 Å². The standard InChI is InChI=1S/C11H10ClN3O3/c1-13-6-10-14-5-9(18-10)11-7(12)3-2-4-8(11)15(16)17/h2-5,13H,6H2,1H3. The van der Waals surface area contributed by atoms with Crippen LogP contribution in [0.4, 0.5) is 5.69 Å². The van der Waals surface area contributed by atoms with Gasteiger partial charge >= 0.3 is 0 Å². The van der Waals surface area contributed by atoms with Gasteiger partial charge in [0.05, 0.1) is 22.7 Å². The van der Waals surface area contributed by atoms with Crippen LogP contribution in [0.5, 0.6) is 0 Å². The van der Waals surface area contributed by atoms with Gasteiger partial charge in [0, 0.05) is 6.07 Å². The van der Waals surface area contributed by atoms with Crippen molar-refractivity contribution >= 4 is 17.3 Å². The minimum absolute atomic E-state index is 0.102. The number of nitro groups is 1. The molecule has 1 N–H and O–H groups in total. The summed E-state index contributed by atoms with van der Waals surface area (Å²) in [6.45, 7) is 0.443. The third kappa shape index (κ3) is 2.34. The maximum Gasteiger partial charge on any atom is 0.281 e. The first-order chi connectivity index (χ1) is 8.63. The van der Waals surface area contributed by atoms with Crippen molar-refractivity contribution in [3.05, 3.63) is 45.4 Å². The van der Waals surface area contributed by atoms with E-state index in [1.807, 2.05) is 0 Å². The van der Waals surface area contributed by atoms with Crippen LogP contribution in [0.25, 0.3) is 11.3 Å². The monoisotopic (exact) mass is 267 g/mol. The van der Waals surface area contributed by atoms with Crippen molar-refractivity contribution in [1.82, 2.24) is 10.3 Å². The molecule has 6 nitrogen and oxygen atoms in total. The van der Waals surface area contributed by atoms with E-state index >= 15 is 0 Å². The van der Waals surface area contributed by atoms with E-state index in [9.17, 15) is 10.1 Å². The fourth-order valence-corrected chi connectivity index (χ4v) is 1.83. The Hall–Kier alpha value is -1.92. The van der Waals surface area contributed by atoms with Crippen LogP contribution in [0.15, 0.2) is 28.8 Å². The first-order valence-electron chi connectivity index (χ1n) is 5.16. The van der Waals surface area contributed by atoms with Crippen LogP contribution < -0.4 is 5.32 Å². The molecule has 0 saturated heterocycles. The summed E-state index contributed by atoms with van der Waals surface area (Å²) in [6, 6.07) is 4.47. The maximum atomic E-state index is 11.0. The van der Waals surface area contributed by atoms with Crippen molar-refractivity contribution < 1.29 is 9.34 Å². The molecule has 0 spiro atoms. The van der Waals surface area contributed by atoms with Gasteiger partial charge in [0.15, 0.2) is 5.76 Å².